The summed E-state index contributed by atoms with van der Waals surface area (Å²) in [5.41, 5.74) is 4.45. The Kier molecular flexibility index (Phi) is 16.2. The molecule has 2 atom stereocenters. The zero-order chi connectivity index (χ0) is 24.4. The van der Waals surface area contributed by atoms with Gasteiger partial charge in [0.25, 0.3) is 0 Å². The van der Waals surface area contributed by atoms with Crippen molar-refractivity contribution in [2.75, 3.05) is 13.1 Å². The molecule has 3 N–H and O–H groups in total. The molecule has 0 amide bonds. The van der Waals surface area contributed by atoms with Crippen molar-refractivity contribution in [2.24, 2.45) is 4.99 Å². The van der Waals surface area contributed by atoms with Crippen LogP contribution in [0.3, 0.4) is 0 Å². The van der Waals surface area contributed by atoms with Crippen molar-refractivity contribution >= 4 is 34.9 Å². The fourth-order valence-corrected chi connectivity index (χ4v) is 4.03. The Morgan fingerprint density at radius 1 is 1.49 bits per heavy atom. The second kappa shape index (κ2) is 17.0. The van der Waals surface area contributed by atoms with Gasteiger partial charge in [0.15, 0.2) is 0 Å². The first kappa shape index (κ1) is 33.4. The molecule has 2 heterocycles. The number of thioether (sulfide) groups is 1. The van der Waals surface area contributed by atoms with Gasteiger partial charge >= 0.3 is 0 Å². The zero-order valence-electron chi connectivity index (χ0n) is 20.1. The smallest absolute Gasteiger partial charge is 0.141 e. The van der Waals surface area contributed by atoms with E-state index in [-0.39, 0.29) is 40.4 Å². The van der Waals surface area contributed by atoms with Crippen LogP contribution in [-0.4, -0.2) is 47.0 Å². The maximum atomic E-state index is 12.9. The topological polar surface area (TPSA) is 71.7 Å². The molecule has 35 heavy (non-hydrogen) atoms. The van der Waals surface area contributed by atoms with Crippen molar-refractivity contribution in [3.8, 4) is 0 Å². The van der Waals surface area contributed by atoms with Crippen LogP contribution < -0.4 is 5.48 Å². The Morgan fingerprint density at radius 2 is 2.20 bits per heavy atom. The van der Waals surface area contributed by atoms with E-state index in [2.05, 4.69) is 17.1 Å². The van der Waals surface area contributed by atoms with Gasteiger partial charge in [-0.05, 0) is 50.0 Å². The first-order chi connectivity index (χ1) is 15.8. The molecule has 1 fully saturated rings. The number of hydroxylamine groups is 1. The molecule has 1 saturated heterocycles. The Bertz CT molecular complexity index is 965. The summed E-state index contributed by atoms with van der Waals surface area (Å²) in [5.74, 6) is 0.492. The van der Waals surface area contributed by atoms with E-state index in [0.717, 1.165) is 22.0 Å². The predicted molar refractivity (Wildman–Crippen MR) is 141 cm³/mol. The fourth-order valence-electron chi connectivity index (χ4n) is 3.27. The molecule has 0 radical (unpaired) electrons. The molecule has 2 unspecified atom stereocenters. The van der Waals surface area contributed by atoms with Crippen LogP contribution in [0.15, 0.2) is 75.6 Å². The quantitative estimate of drug-likeness (QED) is 0.160. The summed E-state index contributed by atoms with van der Waals surface area (Å²) in [7, 11) is 0. The first-order valence-corrected chi connectivity index (χ1v) is 11.7. The van der Waals surface area contributed by atoms with Gasteiger partial charge in [0.05, 0.1) is 18.3 Å². The normalized spacial score (nSPS) is 17.7. The van der Waals surface area contributed by atoms with Crippen molar-refractivity contribution in [1.82, 2.24) is 10.4 Å². The van der Waals surface area contributed by atoms with Crippen LogP contribution in [0, 0.1) is 18.7 Å². The molecule has 10 heteroatoms. The SMILES string of the molecule is C=C(S/C=C\C)C1=NCC(C(=N)/C=C\CC(C)F)=C2CC(NO)CN12.Fc1cccc(Cl)c1.[CH3-].[W]. The van der Waals surface area contributed by atoms with Crippen molar-refractivity contribution < 1.29 is 35.1 Å². The van der Waals surface area contributed by atoms with E-state index in [4.69, 9.17) is 17.0 Å². The van der Waals surface area contributed by atoms with Crippen LogP contribution in [0.5, 0.6) is 0 Å². The van der Waals surface area contributed by atoms with E-state index in [0.29, 0.717) is 36.7 Å². The van der Waals surface area contributed by atoms with Gasteiger partial charge in [-0.3, -0.25) is 4.99 Å². The number of allylic oxidation sites excluding steroid dienone is 3. The second-order valence-corrected chi connectivity index (χ2v) is 8.93. The maximum Gasteiger partial charge on any atom is 0.141 e. The molecule has 0 spiro atoms. The number of nitrogens with zero attached hydrogens (tertiary/aromatic N) is 2. The average Bonchev–Trinajstić information content (AvgIpc) is 3.21. The number of fused-ring (bicyclic) bond motifs is 1. The molecule has 5 nitrogen and oxygen atoms in total. The molecule has 0 aliphatic carbocycles. The number of nitrogens with one attached hydrogen (secondary N) is 2. The van der Waals surface area contributed by atoms with Crippen LogP contribution in [0.1, 0.15) is 26.7 Å². The minimum Gasteiger partial charge on any atom is -0.358 e. The minimum atomic E-state index is -0.921. The van der Waals surface area contributed by atoms with Gasteiger partial charge in [0.2, 0.25) is 0 Å². The average molecular weight is 694 g/mol. The van der Waals surface area contributed by atoms with Crippen molar-refractivity contribution in [2.45, 2.75) is 38.9 Å². The third-order valence-electron chi connectivity index (χ3n) is 4.80. The standard InChI is InChI=1S/C18H25FN4OS.C6H4ClF.CH3.W/c1-4-8-25-13(3)18-21-10-15(16(20)7-5-6-12(2)19)17-9-14(22-24)11-23(17)18;7-5-2-1-3-6(8)4-5;;/h4-5,7-8,12,14,20,22,24H,3,6,9-11H2,1-2H3;1-4H;1H3;/q;;-1;/b7-5-,8-4-,20-16?;;;. The Balaban J connectivity index is 0.000000985. The fraction of sp³-hybridized carbons (Fsp3) is 0.320. The Labute approximate surface area is 230 Å². The molecular weight excluding hydrogens is 662 g/mol. The first-order valence-electron chi connectivity index (χ1n) is 10.5. The summed E-state index contributed by atoms with van der Waals surface area (Å²) in [4.78, 5) is 7.47. The number of benzene rings is 1. The molecule has 1 aromatic rings. The van der Waals surface area contributed by atoms with E-state index in [1.54, 1.807) is 24.3 Å². The van der Waals surface area contributed by atoms with Gasteiger partial charge in [0.1, 0.15) is 17.8 Å². The molecule has 2 aliphatic rings. The van der Waals surface area contributed by atoms with E-state index in [1.807, 2.05) is 23.3 Å². The number of amidine groups is 1. The second-order valence-electron chi connectivity index (χ2n) is 7.49. The number of rotatable bonds is 8. The Morgan fingerprint density at radius 3 is 2.74 bits per heavy atom. The van der Waals surface area contributed by atoms with Crippen LogP contribution in [0.2, 0.25) is 5.02 Å². The third-order valence-corrected chi connectivity index (χ3v) is 5.91. The summed E-state index contributed by atoms with van der Waals surface area (Å²) in [5, 5.41) is 20.0. The van der Waals surface area contributed by atoms with Crippen molar-refractivity contribution in [3.05, 3.63) is 88.9 Å². The minimum absolute atomic E-state index is 0. The number of halogens is 3. The molecule has 2 aliphatic heterocycles. The molecule has 0 aromatic heterocycles. The summed E-state index contributed by atoms with van der Waals surface area (Å²) in [6, 6.07) is 5.70. The molecule has 0 bridgehead atoms. The van der Waals surface area contributed by atoms with E-state index in [9.17, 15) is 14.0 Å². The largest absolute Gasteiger partial charge is 0.358 e. The number of hydrogen-bond donors (Lipinski definition) is 3. The zero-order valence-corrected chi connectivity index (χ0v) is 24.6. The van der Waals surface area contributed by atoms with Crippen LogP contribution in [0.25, 0.3) is 0 Å². The number of alkyl halides is 1. The predicted octanol–water partition coefficient (Wildman–Crippen LogP) is 6.74. The monoisotopic (exact) mass is 693 g/mol. The van der Waals surface area contributed by atoms with Gasteiger partial charge in [-0.15, -0.1) is 0 Å². The van der Waals surface area contributed by atoms with Crippen LogP contribution >= 0.6 is 23.4 Å². The molecular formula is C25H32ClF2N4OSW-. The summed E-state index contributed by atoms with van der Waals surface area (Å²) < 4.78 is 25.0. The molecule has 1 aromatic carbocycles. The summed E-state index contributed by atoms with van der Waals surface area (Å²) in [6.45, 7) is 8.50. The van der Waals surface area contributed by atoms with Gasteiger partial charge in [-0.1, -0.05) is 48.2 Å². The number of aliphatic imine (C=N–C) groups is 1. The van der Waals surface area contributed by atoms with Crippen molar-refractivity contribution in [3.63, 3.8) is 0 Å². The van der Waals surface area contributed by atoms with Gasteiger partial charge in [0, 0.05) is 55.2 Å². The van der Waals surface area contributed by atoms with Gasteiger partial charge in [-0.25, -0.2) is 14.3 Å². The molecule has 0 saturated carbocycles. The molecule has 3 rings (SSSR count). The maximum absolute atomic E-state index is 12.9. The van der Waals surface area contributed by atoms with E-state index >= 15 is 0 Å². The third kappa shape index (κ3) is 10.5. The van der Waals surface area contributed by atoms with Gasteiger partial charge in [-0.2, -0.15) is 0 Å². The summed E-state index contributed by atoms with van der Waals surface area (Å²) in [6.07, 6.45) is 5.25. The Hall–Kier alpha value is -1.57. The molecule has 192 valence electrons. The summed E-state index contributed by atoms with van der Waals surface area (Å²) >= 11 is 6.91. The van der Waals surface area contributed by atoms with Crippen LogP contribution in [-0.2, 0) is 21.1 Å². The van der Waals surface area contributed by atoms with E-state index in [1.165, 1.54) is 30.8 Å². The van der Waals surface area contributed by atoms with Crippen LogP contribution in [0.4, 0.5) is 8.78 Å². The van der Waals surface area contributed by atoms with Crippen molar-refractivity contribution in [1.29, 1.82) is 5.41 Å². The number of hydrogen-bond acceptors (Lipinski definition) is 6. The van der Waals surface area contributed by atoms with Gasteiger partial charge < -0.3 is 22.9 Å². The van der Waals surface area contributed by atoms with E-state index < -0.39 is 6.17 Å².